The van der Waals surface area contributed by atoms with Crippen molar-refractivity contribution in [3.8, 4) is 0 Å². The second-order valence-corrected chi connectivity index (χ2v) is 5.19. The van der Waals surface area contributed by atoms with E-state index in [9.17, 15) is 4.79 Å². The number of rotatable bonds is 3. The summed E-state index contributed by atoms with van der Waals surface area (Å²) in [5.74, 6) is 0.560. The normalized spacial score (nSPS) is 16.1. The minimum Gasteiger partial charge on any atom is -0.324 e. The molecule has 0 saturated heterocycles. The SMILES string of the molecule is CCCn1nc(C)c(/C=C2\Cn3ccnc3C2=O)c1C. The molecule has 0 aromatic carbocycles. The first kappa shape index (κ1) is 12.8. The Bertz CT molecular complexity index is 706. The van der Waals surface area contributed by atoms with E-state index in [1.807, 2.05) is 28.4 Å². The van der Waals surface area contributed by atoms with E-state index in [2.05, 4.69) is 23.9 Å². The molecule has 0 amide bonds. The molecule has 0 atom stereocenters. The van der Waals surface area contributed by atoms with Crippen LogP contribution in [0.2, 0.25) is 0 Å². The fourth-order valence-corrected chi connectivity index (χ4v) is 2.68. The van der Waals surface area contributed by atoms with Crippen LogP contribution in [0.4, 0.5) is 0 Å². The maximum Gasteiger partial charge on any atom is 0.226 e. The largest absolute Gasteiger partial charge is 0.324 e. The van der Waals surface area contributed by atoms with Crippen LogP contribution in [0.1, 0.15) is 40.9 Å². The first-order valence-corrected chi connectivity index (χ1v) is 6.92. The topological polar surface area (TPSA) is 52.7 Å². The molecule has 5 heteroatoms. The van der Waals surface area contributed by atoms with Crippen LogP contribution in [-0.4, -0.2) is 25.1 Å². The van der Waals surface area contributed by atoms with Gasteiger partial charge in [0.05, 0.1) is 12.2 Å². The van der Waals surface area contributed by atoms with Crippen LogP contribution < -0.4 is 0 Å². The lowest BCUT2D eigenvalue weighted by Gasteiger charge is -2.01. The molecule has 1 aliphatic rings. The summed E-state index contributed by atoms with van der Waals surface area (Å²) in [6.45, 7) is 7.69. The highest BCUT2D eigenvalue weighted by atomic mass is 16.1. The third kappa shape index (κ3) is 1.90. The van der Waals surface area contributed by atoms with E-state index in [1.54, 1.807) is 6.20 Å². The van der Waals surface area contributed by atoms with Crippen molar-refractivity contribution in [2.24, 2.45) is 0 Å². The minimum atomic E-state index is 0.0250. The number of imidazole rings is 1. The summed E-state index contributed by atoms with van der Waals surface area (Å²) in [6.07, 6.45) is 6.53. The zero-order valence-electron chi connectivity index (χ0n) is 12.1. The van der Waals surface area contributed by atoms with Crippen molar-refractivity contribution in [2.75, 3.05) is 0 Å². The van der Waals surface area contributed by atoms with Crippen molar-refractivity contribution in [3.05, 3.63) is 40.7 Å². The highest BCUT2D eigenvalue weighted by molar-refractivity contribution is 6.11. The molecule has 0 aliphatic carbocycles. The highest BCUT2D eigenvalue weighted by Gasteiger charge is 2.26. The second-order valence-electron chi connectivity index (χ2n) is 5.19. The van der Waals surface area contributed by atoms with Crippen molar-refractivity contribution < 1.29 is 4.79 Å². The number of allylic oxidation sites excluding steroid dienone is 1. The lowest BCUT2D eigenvalue weighted by molar-refractivity contribution is 0.103. The Morgan fingerprint density at radius 1 is 1.40 bits per heavy atom. The molecule has 2 aromatic heterocycles. The van der Waals surface area contributed by atoms with Gasteiger partial charge in [0.15, 0.2) is 5.82 Å². The van der Waals surface area contributed by atoms with Crippen molar-refractivity contribution >= 4 is 11.9 Å². The first-order chi connectivity index (χ1) is 9.61. The lowest BCUT2D eigenvalue weighted by Crippen LogP contribution is -2.01. The number of nitrogens with zero attached hydrogens (tertiary/aromatic N) is 4. The number of aromatic nitrogens is 4. The number of ketones is 1. The van der Waals surface area contributed by atoms with Crippen molar-refractivity contribution in [3.63, 3.8) is 0 Å². The van der Waals surface area contributed by atoms with Gasteiger partial charge in [0.1, 0.15) is 0 Å². The molecule has 0 bridgehead atoms. The standard InChI is InChI=1S/C15H18N4O/c1-4-6-19-11(3)13(10(2)17-19)8-12-9-18-7-5-16-15(18)14(12)20/h5,7-8H,4,6,9H2,1-3H3/b12-8+. The van der Waals surface area contributed by atoms with Crippen LogP contribution in [0.15, 0.2) is 18.0 Å². The predicted molar refractivity (Wildman–Crippen MR) is 76.5 cm³/mol. The summed E-state index contributed by atoms with van der Waals surface area (Å²) in [5.41, 5.74) is 3.94. The van der Waals surface area contributed by atoms with Crippen molar-refractivity contribution in [1.29, 1.82) is 0 Å². The van der Waals surface area contributed by atoms with Gasteiger partial charge in [-0.15, -0.1) is 0 Å². The zero-order chi connectivity index (χ0) is 14.3. The van der Waals surface area contributed by atoms with Gasteiger partial charge < -0.3 is 4.57 Å². The average molecular weight is 270 g/mol. The molecular formula is C15H18N4O. The average Bonchev–Trinajstić information content (AvgIpc) is 3.05. The highest BCUT2D eigenvalue weighted by Crippen LogP contribution is 2.23. The number of fused-ring (bicyclic) bond motifs is 1. The molecule has 0 N–H and O–H groups in total. The van der Waals surface area contributed by atoms with Crippen molar-refractivity contribution in [1.82, 2.24) is 19.3 Å². The van der Waals surface area contributed by atoms with Crippen LogP contribution in [0.3, 0.4) is 0 Å². The summed E-state index contributed by atoms with van der Waals surface area (Å²) in [4.78, 5) is 16.3. The quantitative estimate of drug-likeness (QED) is 0.805. The van der Waals surface area contributed by atoms with E-state index in [0.29, 0.717) is 12.4 Å². The Morgan fingerprint density at radius 3 is 2.90 bits per heavy atom. The Balaban J connectivity index is 1.98. The monoisotopic (exact) mass is 270 g/mol. The van der Waals surface area contributed by atoms with Gasteiger partial charge in [-0.3, -0.25) is 9.48 Å². The second kappa shape index (κ2) is 4.74. The Labute approximate surface area is 117 Å². The summed E-state index contributed by atoms with van der Waals surface area (Å²) < 4.78 is 3.90. The number of Topliss-reactive ketones (excluding diaryl/α,β-unsaturated/α-hetero) is 1. The molecule has 0 saturated carbocycles. The fraction of sp³-hybridized carbons (Fsp3) is 0.400. The number of carbonyl (C=O) groups excluding carboxylic acids is 1. The maximum absolute atomic E-state index is 12.2. The fourth-order valence-electron chi connectivity index (χ4n) is 2.68. The van der Waals surface area contributed by atoms with Gasteiger partial charge in [0.2, 0.25) is 5.78 Å². The molecule has 5 nitrogen and oxygen atoms in total. The van der Waals surface area contributed by atoms with Gasteiger partial charge in [-0.1, -0.05) is 6.92 Å². The van der Waals surface area contributed by atoms with E-state index in [4.69, 9.17) is 0 Å². The Kier molecular flexibility index (Phi) is 3.04. The Morgan fingerprint density at radius 2 is 2.20 bits per heavy atom. The molecule has 0 fully saturated rings. The molecule has 0 unspecified atom stereocenters. The molecule has 3 heterocycles. The summed E-state index contributed by atoms with van der Waals surface area (Å²) in [7, 11) is 0. The molecule has 0 spiro atoms. The summed E-state index contributed by atoms with van der Waals surface area (Å²) in [5, 5.41) is 4.54. The molecular weight excluding hydrogens is 252 g/mol. The molecule has 3 rings (SSSR count). The van der Waals surface area contributed by atoms with Crippen LogP contribution in [0.25, 0.3) is 6.08 Å². The molecule has 20 heavy (non-hydrogen) atoms. The van der Waals surface area contributed by atoms with E-state index in [1.165, 1.54) is 0 Å². The number of hydrogen-bond acceptors (Lipinski definition) is 3. The van der Waals surface area contributed by atoms with Gasteiger partial charge in [-0.25, -0.2) is 4.98 Å². The van der Waals surface area contributed by atoms with Crippen LogP contribution >= 0.6 is 0 Å². The molecule has 104 valence electrons. The van der Waals surface area contributed by atoms with Crippen molar-refractivity contribution in [2.45, 2.75) is 40.3 Å². The van der Waals surface area contributed by atoms with E-state index in [-0.39, 0.29) is 5.78 Å². The smallest absolute Gasteiger partial charge is 0.226 e. The summed E-state index contributed by atoms with van der Waals surface area (Å²) >= 11 is 0. The third-order valence-electron chi connectivity index (χ3n) is 3.74. The van der Waals surface area contributed by atoms with Crippen LogP contribution in [0, 0.1) is 13.8 Å². The maximum atomic E-state index is 12.2. The van der Waals surface area contributed by atoms with Gasteiger partial charge in [-0.2, -0.15) is 5.10 Å². The van der Waals surface area contributed by atoms with Crippen LogP contribution in [0.5, 0.6) is 0 Å². The van der Waals surface area contributed by atoms with Crippen LogP contribution in [-0.2, 0) is 13.1 Å². The lowest BCUT2D eigenvalue weighted by atomic mass is 10.1. The van der Waals surface area contributed by atoms with Gasteiger partial charge in [-0.05, 0) is 26.3 Å². The zero-order valence-corrected chi connectivity index (χ0v) is 12.1. The van der Waals surface area contributed by atoms with Gasteiger partial charge in [0.25, 0.3) is 0 Å². The Hall–Kier alpha value is -2.17. The van der Waals surface area contributed by atoms with E-state index >= 15 is 0 Å². The summed E-state index contributed by atoms with van der Waals surface area (Å²) in [6, 6.07) is 0. The van der Waals surface area contributed by atoms with E-state index in [0.717, 1.165) is 35.5 Å². The molecule has 1 aliphatic heterocycles. The minimum absolute atomic E-state index is 0.0250. The van der Waals surface area contributed by atoms with Gasteiger partial charge in [0, 0.05) is 35.8 Å². The number of hydrogen-bond donors (Lipinski definition) is 0. The first-order valence-electron chi connectivity index (χ1n) is 6.92. The molecule has 2 aromatic rings. The number of aryl methyl sites for hydroxylation is 2. The molecule has 0 radical (unpaired) electrons. The van der Waals surface area contributed by atoms with E-state index < -0.39 is 0 Å². The van der Waals surface area contributed by atoms with Gasteiger partial charge >= 0.3 is 0 Å². The predicted octanol–water partition coefficient (Wildman–Crippen LogP) is 2.39. The number of carbonyl (C=O) groups is 1. The third-order valence-corrected chi connectivity index (χ3v) is 3.74.